The summed E-state index contributed by atoms with van der Waals surface area (Å²) in [6.07, 6.45) is 3.68. The molecule has 4 atom stereocenters. The molecule has 0 unspecified atom stereocenters. The molecule has 0 aromatic heterocycles. The number of imide groups is 1. The fourth-order valence-corrected chi connectivity index (χ4v) is 5.97. The van der Waals surface area contributed by atoms with Gasteiger partial charge in [-0.25, -0.2) is 4.90 Å². The summed E-state index contributed by atoms with van der Waals surface area (Å²) in [5, 5.41) is 11.5. The summed E-state index contributed by atoms with van der Waals surface area (Å²) in [7, 11) is 1.53. The van der Waals surface area contributed by atoms with E-state index in [1.54, 1.807) is 37.4 Å². The number of hydrogen-bond acceptors (Lipinski definition) is 7. The molecule has 0 N–H and O–H groups in total. The second-order valence-corrected chi connectivity index (χ2v) is 9.67. The van der Waals surface area contributed by atoms with Crippen molar-refractivity contribution in [1.82, 2.24) is 4.90 Å². The van der Waals surface area contributed by atoms with Crippen molar-refractivity contribution in [1.29, 1.82) is 0 Å². The standard InChI is InChI=1S/C29H23N3O6/c1-16-7-10-19(32(36)37)15-22(16)31-28(34)23-24(29(31)35)26(27(33)18-8-11-20(38-2)12-9-18)30-14-13-17-5-3-4-6-21(17)25(23)30/h3-15,23-26H,1-2H3/t23-,24-,25+,26+/m1/s1. The minimum atomic E-state index is -0.962. The molecular weight excluding hydrogens is 486 g/mol. The number of nitrogens with zero attached hydrogens (tertiary/aromatic N) is 3. The number of ether oxygens (including phenoxy) is 1. The van der Waals surface area contributed by atoms with Gasteiger partial charge in [0.1, 0.15) is 11.8 Å². The Bertz CT molecular complexity index is 1550. The lowest BCUT2D eigenvalue weighted by Crippen LogP contribution is -2.44. The van der Waals surface area contributed by atoms with E-state index in [9.17, 15) is 24.5 Å². The lowest BCUT2D eigenvalue weighted by atomic mass is 9.83. The number of rotatable bonds is 5. The first-order valence-corrected chi connectivity index (χ1v) is 12.2. The summed E-state index contributed by atoms with van der Waals surface area (Å²) in [5.74, 6) is -2.48. The van der Waals surface area contributed by atoms with Gasteiger partial charge in [0, 0.05) is 23.9 Å². The zero-order chi connectivity index (χ0) is 26.7. The van der Waals surface area contributed by atoms with Gasteiger partial charge in [0.05, 0.1) is 35.6 Å². The smallest absolute Gasteiger partial charge is 0.271 e. The molecule has 2 amide bonds. The van der Waals surface area contributed by atoms with Gasteiger partial charge < -0.3 is 9.64 Å². The van der Waals surface area contributed by atoms with Crippen molar-refractivity contribution in [3.8, 4) is 5.75 Å². The third kappa shape index (κ3) is 3.35. The first kappa shape index (κ1) is 23.6. The van der Waals surface area contributed by atoms with Crippen LogP contribution in [0.15, 0.2) is 72.9 Å². The highest BCUT2D eigenvalue weighted by atomic mass is 16.6. The number of hydrogen-bond donors (Lipinski definition) is 0. The molecule has 2 saturated heterocycles. The summed E-state index contributed by atoms with van der Waals surface area (Å²) in [5.41, 5.74) is 2.67. The first-order valence-electron chi connectivity index (χ1n) is 12.2. The van der Waals surface area contributed by atoms with Crippen molar-refractivity contribution < 1.29 is 24.0 Å². The van der Waals surface area contributed by atoms with Crippen LogP contribution in [0, 0.1) is 28.9 Å². The number of amides is 2. The Hall–Kier alpha value is -4.79. The van der Waals surface area contributed by atoms with Gasteiger partial charge in [-0.15, -0.1) is 0 Å². The lowest BCUT2D eigenvalue weighted by Gasteiger charge is -2.35. The van der Waals surface area contributed by atoms with E-state index >= 15 is 0 Å². The van der Waals surface area contributed by atoms with Crippen molar-refractivity contribution >= 4 is 35.0 Å². The predicted octanol–water partition coefficient (Wildman–Crippen LogP) is 4.31. The summed E-state index contributed by atoms with van der Waals surface area (Å²) in [6, 6.07) is 16.9. The number of carbonyl (C=O) groups excluding carboxylic acids is 3. The Kier molecular flexibility index (Phi) is 5.37. The third-order valence-electron chi connectivity index (χ3n) is 7.75. The van der Waals surface area contributed by atoms with Crippen LogP contribution in [0.5, 0.6) is 5.75 Å². The molecule has 0 aliphatic carbocycles. The summed E-state index contributed by atoms with van der Waals surface area (Å²) < 4.78 is 5.21. The number of ketones is 1. The molecule has 6 rings (SSSR count). The Balaban J connectivity index is 1.49. The van der Waals surface area contributed by atoms with Gasteiger partial charge in [0.25, 0.3) is 5.69 Å². The third-order valence-corrected chi connectivity index (χ3v) is 7.75. The van der Waals surface area contributed by atoms with E-state index < -0.39 is 40.7 Å². The van der Waals surface area contributed by atoms with Gasteiger partial charge in [-0.2, -0.15) is 0 Å². The van der Waals surface area contributed by atoms with E-state index in [1.165, 1.54) is 25.3 Å². The fourth-order valence-electron chi connectivity index (χ4n) is 5.97. The number of nitro groups is 1. The number of methoxy groups -OCH3 is 1. The van der Waals surface area contributed by atoms with Gasteiger partial charge in [-0.3, -0.25) is 24.5 Å². The summed E-state index contributed by atoms with van der Waals surface area (Å²) in [6.45, 7) is 1.69. The minimum absolute atomic E-state index is 0.172. The summed E-state index contributed by atoms with van der Waals surface area (Å²) >= 11 is 0. The lowest BCUT2D eigenvalue weighted by molar-refractivity contribution is -0.384. The second-order valence-electron chi connectivity index (χ2n) is 9.67. The van der Waals surface area contributed by atoms with Gasteiger partial charge in [-0.05, 0) is 54.0 Å². The number of carbonyl (C=O) groups is 3. The number of nitro benzene ring substituents is 1. The highest BCUT2D eigenvalue weighted by molar-refractivity contribution is 6.25. The van der Waals surface area contributed by atoms with Crippen LogP contribution in [0.4, 0.5) is 11.4 Å². The van der Waals surface area contributed by atoms with Crippen molar-refractivity contribution in [2.75, 3.05) is 12.0 Å². The number of aryl methyl sites for hydroxylation is 1. The minimum Gasteiger partial charge on any atom is -0.497 e. The molecule has 3 aliphatic heterocycles. The SMILES string of the molecule is COc1ccc(C(=O)[C@@H]2[C@@H]3C(=O)N(c4cc([N+](=O)[O-])ccc4C)C(=O)[C@H]3[C@@H]3c4ccccc4C=CN23)cc1. The van der Waals surface area contributed by atoms with Crippen LogP contribution in [-0.4, -0.2) is 40.6 Å². The number of non-ortho nitro benzene ring substituents is 1. The van der Waals surface area contributed by atoms with E-state index in [2.05, 4.69) is 0 Å². The number of fused-ring (bicyclic) bond motifs is 5. The Morgan fingerprint density at radius 3 is 2.39 bits per heavy atom. The molecule has 0 radical (unpaired) electrons. The monoisotopic (exact) mass is 509 g/mol. The van der Waals surface area contributed by atoms with Crippen LogP contribution < -0.4 is 9.64 Å². The zero-order valence-corrected chi connectivity index (χ0v) is 20.6. The fraction of sp³-hybridized carbons (Fsp3) is 0.207. The molecule has 0 bridgehead atoms. The average molecular weight is 510 g/mol. The number of anilines is 1. The molecule has 3 aliphatic rings. The molecule has 190 valence electrons. The highest BCUT2D eigenvalue weighted by Crippen LogP contribution is 2.54. The van der Waals surface area contributed by atoms with Gasteiger partial charge in [0.15, 0.2) is 5.78 Å². The average Bonchev–Trinajstić information content (AvgIpc) is 3.41. The van der Waals surface area contributed by atoms with Crippen LogP contribution in [-0.2, 0) is 9.59 Å². The van der Waals surface area contributed by atoms with E-state index in [1.807, 2.05) is 35.2 Å². The largest absolute Gasteiger partial charge is 0.497 e. The predicted molar refractivity (Wildman–Crippen MR) is 138 cm³/mol. The molecule has 9 nitrogen and oxygen atoms in total. The molecule has 3 aromatic carbocycles. The number of benzene rings is 3. The Morgan fingerprint density at radius 1 is 0.974 bits per heavy atom. The maximum atomic E-state index is 14.0. The molecule has 3 heterocycles. The zero-order valence-electron chi connectivity index (χ0n) is 20.6. The van der Waals surface area contributed by atoms with E-state index in [0.29, 0.717) is 16.9 Å². The molecule has 0 saturated carbocycles. The maximum Gasteiger partial charge on any atom is 0.271 e. The van der Waals surface area contributed by atoms with Gasteiger partial charge in [0.2, 0.25) is 11.8 Å². The molecule has 3 aromatic rings. The van der Waals surface area contributed by atoms with Crippen LogP contribution >= 0.6 is 0 Å². The molecule has 0 spiro atoms. The highest BCUT2D eigenvalue weighted by Gasteiger charge is 2.64. The topological polar surface area (TPSA) is 110 Å². The van der Waals surface area contributed by atoms with Crippen molar-refractivity contribution in [2.24, 2.45) is 11.8 Å². The van der Waals surface area contributed by atoms with Gasteiger partial charge in [-0.1, -0.05) is 30.3 Å². The van der Waals surface area contributed by atoms with E-state index in [-0.39, 0.29) is 17.2 Å². The number of Topliss-reactive ketones (excluding diaryl/α,β-unsaturated/α-hetero) is 1. The van der Waals surface area contributed by atoms with Crippen LogP contribution in [0.1, 0.15) is 33.1 Å². The first-order chi connectivity index (χ1) is 18.3. The molecule has 38 heavy (non-hydrogen) atoms. The Labute approximate surface area is 218 Å². The van der Waals surface area contributed by atoms with Crippen LogP contribution in [0.3, 0.4) is 0 Å². The van der Waals surface area contributed by atoms with E-state index in [4.69, 9.17) is 4.74 Å². The molecule has 9 heteroatoms. The second kappa shape index (κ2) is 8.65. The quantitative estimate of drug-likeness (QED) is 0.218. The Morgan fingerprint density at radius 2 is 1.68 bits per heavy atom. The van der Waals surface area contributed by atoms with Crippen molar-refractivity contribution in [2.45, 2.75) is 19.0 Å². The van der Waals surface area contributed by atoms with Crippen LogP contribution in [0.2, 0.25) is 0 Å². The summed E-state index contributed by atoms with van der Waals surface area (Å²) in [4.78, 5) is 55.8. The van der Waals surface area contributed by atoms with Gasteiger partial charge >= 0.3 is 0 Å². The van der Waals surface area contributed by atoms with Crippen molar-refractivity contribution in [3.05, 3.63) is 105 Å². The molecular formula is C29H23N3O6. The van der Waals surface area contributed by atoms with Crippen molar-refractivity contribution in [3.63, 3.8) is 0 Å². The van der Waals surface area contributed by atoms with E-state index in [0.717, 1.165) is 16.0 Å². The van der Waals surface area contributed by atoms with Crippen LogP contribution in [0.25, 0.3) is 6.08 Å². The normalized spacial score (nSPS) is 23.2. The molecule has 2 fully saturated rings. The maximum absolute atomic E-state index is 14.0.